The molecular formula is C7H12ClN3. The van der Waals surface area contributed by atoms with Crippen LogP contribution in [0.2, 0.25) is 5.15 Å². The minimum absolute atomic E-state index is 0.556. The van der Waals surface area contributed by atoms with E-state index in [1.165, 1.54) is 0 Å². The molecule has 0 aromatic carbocycles. The highest BCUT2D eigenvalue weighted by molar-refractivity contribution is 6.29. The Morgan fingerprint density at radius 3 is 2.91 bits per heavy atom. The number of hydrogen-bond acceptors (Lipinski definition) is 2. The molecule has 0 saturated heterocycles. The predicted octanol–water partition coefficient (Wildman–Crippen LogP) is 1.18. The van der Waals surface area contributed by atoms with Crippen LogP contribution in [0, 0.1) is 0 Å². The fourth-order valence-corrected chi connectivity index (χ4v) is 1.13. The molecule has 0 aliphatic rings. The second kappa shape index (κ2) is 3.74. The average molecular weight is 174 g/mol. The zero-order chi connectivity index (χ0) is 8.27. The molecule has 0 amide bonds. The molecule has 1 rings (SSSR count). The standard InChI is InChI=1S/C7H12ClN3/c1-3-9-5-6-4-7(8)10-11(6)2/h4,9H,3,5H2,1-2H3. The van der Waals surface area contributed by atoms with Gasteiger partial charge in [-0.05, 0) is 12.6 Å². The molecule has 1 aromatic rings. The van der Waals surface area contributed by atoms with E-state index in [1.807, 2.05) is 13.1 Å². The third kappa shape index (κ3) is 2.20. The Bertz CT molecular complexity index is 232. The maximum atomic E-state index is 5.68. The van der Waals surface area contributed by atoms with Gasteiger partial charge in [0.25, 0.3) is 0 Å². The Kier molecular flexibility index (Phi) is 2.91. The molecule has 1 N–H and O–H groups in total. The highest BCUT2D eigenvalue weighted by atomic mass is 35.5. The monoisotopic (exact) mass is 173 g/mol. The first-order chi connectivity index (χ1) is 5.24. The van der Waals surface area contributed by atoms with Gasteiger partial charge in [0, 0.05) is 13.6 Å². The number of nitrogens with zero attached hydrogens (tertiary/aromatic N) is 2. The van der Waals surface area contributed by atoms with Crippen molar-refractivity contribution < 1.29 is 0 Å². The molecule has 62 valence electrons. The summed E-state index contributed by atoms with van der Waals surface area (Å²) < 4.78 is 1.78. The molecule has 0 saturated carbocycles. The molecule has 1 aromatic heterocycles. The van der Waals surface area contributed by atoms with E-state index < -0.39 is 0 Å². The van der Waals surface area contributed by atoms with Gasteiger partial charge >= 0.3 is 0 Å². The number of rotatable bonds is 3. The van der Waals surface area contributed by atoms with Crippen molar-refractivity contribution in [3.63, 3.8) is 0 Å². The summed E-state index contributed by atoms with van der Waals surface area (Å²) in [5, 5.41) is 7.76. The number of halogens is 1. The van der Waals surface area contributed by atoms with Gasteiger partial charge in [-0.1, -0.05) is 18.5 Å². The summed E-state index contributed by atoms with van der Waals surface area (Å²) in [5.74, 6) is 0. The summed E-state index contributed by atoms with van der Waals surface area (Å²) >= 11 is 5.68. The Morgan fingerprint density at radius 1 is 1.73 bits per heavy atom. The summed E-state index contributed by atoms with van der Waals surface area (Å²) in [5.41, 5.74) is 1.11. The smallest absolute Gasteiger partial charge is 0.151 e. The van der Waals surface area contributed by atoms with E-state index in [0.29, 0.717) is 5.15 Å². The van der Waals surface area contributed by atoms with Gasteiger partial charge in [-0.3, -0.25) is 4.68 Å². The lowest BCUT2D eigenvalue weighted by atomic mass is 10.4. The van der Waals surface area contributed by atoms with Gasteiger partial charge in [0.05, 0.1) is 5.69 Å². The fraction of sp³-hybridized carbons (Fsp3) is 0.571. The minimum atomic E-state index is 0.556. The number of hydrogen-bond donors (Lipinski definition) is 1. The third-order valence-corrected chi connectivity index (χ3v) is 1.69. The van der Waals surface area contributed by atoms with Crippen molar-refractivity contribution in [3.8, 4) is 0 Å². The van der Waals surface area contributed by atoms with Crippen molar-refractivity contribution in [2.45, 2.75) is 13.5 Å². The number of nitrogens with one attached hydrogen (secondary N) is 1. The second-order valence-corrected chi connectivity index (χ2v) is 2.75. The molecule has 0 fully saturated rings. The molecule has 3 nitrogen and oxygen atoms in total. The molecule has 0 spiro atoms. The largest absolute Gasteiger partial charge is 0.311 e. The van der Waals surface area contributed by atoms with Gasteiger partial charge in [0.1, 0.15) is 0 Å². The van der Waals surface area contributed by atoms with Gasteiger partial charge in [0.2, 0.25) is 0 Å². The Balaban J connectivity index is 2.62. The molecule has 0 bridgehead atoms. The van der Waals surface area contributed by atoms with Crippen LogP contribution in [-0.2, 0) is 13.6 Å². The van der Waals surface area contributed by atoms with Crippen molar-refractivity contribution in [2.75, 3.05) is 6.54 Å². The van der Waals surface area contributed by atoms with Crippen molar-refractivity contribution in [2.24, 2.45) is 7.05 Å². The van der Waals surface area contributed by atoms with Crippen molar-refractivity contribution >= 4 is 11.6 Å². The molecule has 4 heteroatoms. The van der Waals surface area contributed by atoms with Crippen molar-refractivity contribution in [1.82, 2.24) is 15.1 Å². The molecule has 0 unspecified atom stereocenters. The van der Waals surface area contributed by atoms with Crippen LogP contribution >= 0.6 is 11.6 Å². The predicted molar refractivity (Wildman–Crippen MR) is 45.6 cm³/mol. The third-order valence-electron chi connectivity index (χ3n) is 1.50. The Labute approximate surface area is 71.4 Å². The van der Waals surface area contributed by atoms with Gasteiger partial charge in [0.15, 0.2) is 5.15 Å². The van der Waals surface area contributed by atoms with Crippen molar-refractivity contribution in [3.05, 3.63) is 16.9 Å². The van der Waals surface area contributed by atoms with Crippen molar-refractivity contribution in [1.29, 1.82) is 0 Å². The lowest BCUT2D eigenvalue weighted by Crippen LogP contribution is -2.14. The molecule has 11 heavy (non-hydrogen) atoms. The molecule has 0 radical (unpaired) electrons. The van der Waals surface area contributed by atoms with E-state index in [9.17, 15) is 0 Å². The van der Waals surface area contributed by atoms with E-state index >= 15 is 0 Å². The number of aromatic nitrogens is 2. The van der Waals surface area contributed by atoms with Crippen LogP contribution < -0.4 is 5.32 Å². The van der Waals surface area contributed by atoms with Gasteiger partial charge in [-0.25, -0.2) is 0 Å². The molecule has 1 heterocycles. The van der Waals surface area contributed by atoms with Crippen LogP contribution in [0.4, 0.5) is 0 Å². The lowest BCUT2D eigenvalue weighted by molar-refractivity contribution is 0.643. The highest BCUT2D eigenvalue weighted by Gasteiger charge is 2.00. The Morgan fingerprint density at radius 2 is 2.45 bits per heavy atom. The first kappa shape index (κ1) is 8.56. The van der Waals surface area contributed by atoms with Gasteiger partial charge < -0.3 is 5.32 Å². The zero-order valence-corrected chi connectivity index (χ0v) is 7.52. The van der Waals surface area contributed by atoms with Crippen LogP contribution in [0.25, 0.3) is 0 Å². The van der Waals surface area contributed by atoms with E-state index in [-0.39, 0.29) is 0 Å². The van der Waals surface area contributed by atoms with E-state index in [0.717, 1.165) is 18.8 Å². The van der Waals surface area contributed by atoms with E-state index in [4.69, 9.17) is 11.6 Å². The zero-order valence-electron chi connectivity index (χ0n) is 6.76. The quantitative estimate of drug-likeness (QED) is 0.744. The molecule has 0 aliphatic carbocycles. The summed E-state index contributed by atoms with van der Waals surface area (Å²) in [6.45, 7) is 3.85. The SMILES string of the molecule is CCNCc1cc(Cl)nn1C. The maximum absolute atomic E-state index is 5.68. The average Bonchev–Trinajstić information content (AvgIpc) is 2.26. The summed E-state index contributed by atoms with van der Waals surface area (Å²) in [6.07, 6.45) is 0. The van der Waals surface area contributed by atoms with Crippen LogP contribution in [0.1, 0.15) is 12.6 Å². The normalized spacial score (nSPS) is 10.5. The summed E-state index contributed by atoms with van der Waals surface area (Å²) in [4.78, 5) is 0. The first-order valence-electron chi connectivity index (χ1n) is 3.63. The topological polar surface area (TPSA) is 29.9 Å². The second-order valence-electron chi connectivity index (χ2n) is 2.36. The fourth-order valence-electron chi connectivity index (χ4n) is 0.886. The van der Waals surface area contributed by atoms with Gasteiger partial charge in [-0.15, -0.1) is 0 Å². The van der Waals surface area contributed by atoms with Crippen LogP contribution in [-0.4, -0.2) is 16.3 Å². The molecule has 0 atom stereocenters. The summed E-state index contributed by atoms with van der Waals surface area (Å²) in [7, 11) is 1.89. The summed E-state index contributed by atoms with van der Waals surface area (Å²) in [6, 6.07) is 1.87. The maximum Gasteiger partial charge on any atom is 0.151 e. The van der Waals surface area contributed by atoms with Gasteiger partial charge in [-0.2, -0.15) is 5.10 Å². The molecule has 0 aliphatic heterocycles. The van der Waals surface area contributed by atoms with E-state index in [2.05, 4.69) is 17.3 Å². The Hall–Kier alpha value is -0.540. The highest BCUT2D eigenvalue weighted by Crippen LogP contribution is 2.07. The number of aryl methyl sites for hydroxylation is 1. The lowest BCUT2D eigenvalue weighted by Gasteiger charge is -2.00. The van der Waals surface area contributed by atoms with Crippen LogP contribution in [0.5, 0.6) is 0 Å². The first-order valence-corrected chi connectivity index (χ1v) is 4.01. The van der Waals surface area contributed by atoms with E-state index in [1.54, 1.807) is 4.68 Å². The van der Waals surface area contributed by atoms with Crippen LogP contribution in [0.15, 0.2) is 6.07 Å². The minimum Gasteiger partial charge on any atom is -0.311 e. The molecular weight excluding hydrogens is 162 g/mol. The van der Waals surface area contributed by atoms with Crippen LogP contribution in [0.3, 0.4) is 0 Å².